The van der Waals surface area contributed by atoms with Crippen LogP contribution in [0.15, 0.2) is 11.6 Å². The third-order valence-corrected chi connectivity index (χ3v) is 7.11. The maximum absolute atomic E-state index is 12.8. The lowest BCUT2D eigenvalue weighted by molar-refractivity contribution is -0.141. The normalized spacial score (nSPS) is 51.0. The zero-order valence-corrected chi connectivity index (χ0v) is 12.0. The van der Waals surface area contributed by atoms with Gasteiger partial charge < -0.3 is 0 Å². The average Bonchev–Trinajstić information content (AvgIpc) is 3.08. The molecule has 0 aromatic heterocycles. The number of likely N-dealkylation sites (tertiary alicyclic amines) is 1. The Hall–Kier alpha value is -1.12. The summed E-state index contributed by atoms with van der Waals surface area (Å²) in [5.41, 5.74) is 1.76. The second-order valence-corrected chi connectivity index (χ2v) is 7.68. The van der Waals surface area contributed by atoms with Crippen molar-refractivity contribution >= 4 is 11.8 Å². The van der Waals surface area contributed by atoms with Crippen LogP contribution in [-0.4, -0.2) is 23.3 Å². The predicted octanol–water partition coefficient (Wildman–Crippen LogP) is 2.37. The fraction of sp³-hybridized carbons (Fsp3) is 0.765. The molecule has 3 nitrogen and oxygen atoms in total. The van der Waals surface area contributed by atoms with Crippen LogP contribution in [0.2, 0.25) is 0 Å². The molecule has 0 N–H and O–H groups in total. The van der Waals surface area contributed by atoms with Gasteiger partial charge in [0.05, 0.1) is 11.8 Å². The third-order valence-electron chi connectivity index (χ3n) is 7.11. The largest absolute Gasteiger partial charge is 0.282 e. The van der Waals surface area contributed by atoms with E-state index in [1.165, 1.54) is 12.8 Å². The van der Waals surface area contributed by atoms with Gasteiger partial charge in [0.15, 0.2) is 0 Å². The highest BCUT2D eigenvalue weighted by molar-refractivity contribution is 6.06. The molecule has 6 unspecified atom stereocenters. The summed E-state index contributed by atoms with van der Waals surface area (Å²) in [6, 6.07) is 0. The SMILES string of the molecule is CCCN1C(=O)C2C3CC4(CC5=CCC3C4C5)C2C1=O. The van der Waals surface area contributed by atoms with Crippen LogP contribution in [0.4, 0.5) is 0 Å². The number of hydrogen-bond acceptors (Lipinski definition) is 2. The van der Waals surface area contributed by atoms with Gasteiger partial charge in [0.1, 0.15) is 0 Å². The van der Waals surface area contributed by atoms with Gasteiger partial charge in [-0.15, -0.1) is 0 Å². The Balaban J connectivity index is 1.62. The van der Waals surface area contributed by atoms with E-state index in [-0.39, 0.29) is 29.1 Å². The Bertz CT molecular complexity index is 565. The van der Waals surface area contributed by atoms with E-state index in [9.17, 15) is 9.59 Å². The number of amides is 2. The smallest absolute Gasteiger partial charge is 0.233 e. The maximum Gasteiger partial charge on any atom is 0.233 e. The summed E-state index contributed by atoms with van der Waals surface area (Å²) < 4.78 is 0. The molecule has 4 bridgehead atoms. The van der Waals surface area contributed by atoms with Crippen molar-refractivity contribution in [2.24, 2.45) is 35.0 Å². The highest BCUT2D eigenvalue weighted by Crippen LogP contribution is 2.76. The summed E-state index contributed by atoms with van der Waals surface area (Å²) in [6.45, 7) is 2.68. The lowest BCUT2D eigenvalue weighted by Crippen LogP contribution is -2.41. The first-order valence-electron chi connectivity index (χ1n) is 8.20. The summed E-state index contributed by atoms with van der Waals surface area (Å²) in [5.74, 6) is 2.34. The van der Waals surface area contributed by atoms with E-state index < -0.39 is 0 Å². The molecule has 3 saturated carbocycles. The van der Waals surface area contributed by atoms with Crippen LogP contribution in [0.5, 0.6) is 0 Å². The molecule has 5 rings (SSSR count). The lowest BCUT2D eigenvalue weighted by atomic mass is 9.62. The van der Waals surface area contributed by atoms with E-state index in [4.69, 9.17) is 0 Å². The highest BCUT2D eigenvalue weighted by Gasteiger charge is 2.75. The zero-order valence-electron chi connectivity index (χ0n) is 12.0. The van der Waals surface area contributed by atoms with Crippen molar-refractivity contribution in [3.63, 3.8) is 0 Å². The predicted molar refractivity (Wildman–Crippen MR) is 73.4 cm³/mol. The Kier molecular flexibility index (Phi) is 1.94. The van der Waals surface area contributed by atoms with E-state index in [0.29, 0.717) is 24.3 Å². The van der Waals surface area contributed by atoms with Crippen molar-refractivity contribution in [3.8, 4) is 0 Å². The van der Waals surface area contributed by atoms with E-state index in [1.807, 2.05) is 6.92 Å². The monoisotopic (exact) mass is 271 g/mol. The number of carbonyl (C=O) groups is 2. The minimum atomic E-state index is 0.0387. The quantitative estimate of drug-likeness (QED) is 0.571. The van der Waals surface area contributed by atoms with Crippen LogP contribution in [0, 0.1) is 35.0 Å². The number of fused-ring (bicyclic) bond motifs is 5. The van der Waals surface area contributed by atoms with Crippen molar-refractivity contribution < 1.29 is 9.59 Å². The molecule has 0 aromatic rings. The summed E-state index contributed by atoms with van der Waals surface area (Å²) >= 11 is 0. The number of hydrogen-bond donors (Lipinski definition) is 0. The first kappa shape index (κ1) is 11.5. The highest BCUT2D eigenvalue weighted by atomic mass is 16.2. The number of rotatable bonds is 2. The van der Waals surface area contributed by atoms with Crippen LogP contribution in [0.25, 0.3) is 0 Å². The third kappa shape index (κ3) is 1.01. The van der Waals surface area contributed by atoms with E-state index in [0.717, 1.165) is 19.3 Å². The van der Waals surface area contributed by atoms with E-state index in [2.05, 4.69) is 6.08 Å². The second kappa shape index (κ2) is 3.37. The van der Waals surface area contributed by atoms with Crippen molar-refractivity contribution in [2.75, 3.05) is 6.54 Å². The van der Waals surface area contributed by atoms with Crippen LogP contribution in [0.1, 0.15) is 39.0 Å². The minimum Gasteiger partial charge on any atom is -0.282 e. The number of imide groups is 1. The molecular weight excluding hydrogens is 250 g/mol. The average molecular weight is 271 g/mol. The van der Waals surface area contributed by atoms with Gasteiger partial charge >= 0.3 is 0 Å². The van der Waals surface area contributed by atoms with Gasteiger partial charge in [-0.1, -0.05) is 18.6 Å². The molecule has 0 aromatic carbocycles. The number of allylic oxidation sites excluding steroid dienone is 2. The summed E-state index contributed by atoms with van der Waals surface area (Å²) in [4.78, 5) is 27.2. The fourth-order valence-electron chi connectivity index (χ4n) is 6.69. The molecule has 1 aliphatic heterocycles. The van der Waals surface area contributed by atoms with E-state index >= 15 is 0 Å². The van der Waals surface area contributed by atoms with Crippen molar-refractivity contribution in [1.82, 2.24) is 4.90 Å². The molecule has 5 aliphatic rings. The number of nitrogens with zero attached hydrogens (tertiary/aromatic N) is 1. The van der Waals surface area contributed by atoms with Crippen molar-refractivity contribution in [3.05, 3.63) is 11.6 Å². The zero-order chi connectivity index (χ0) is 13.6. The molecule has 6 atom stereocenters. The minimum absolute atomic E-state index is 0.0387. The molecule has 4 fully saturated rings. The summed E-state index contributed by atoms with van der Waals surface area (Å²) in [7, 11) is 0. The first-order chi connectivity index (χ1) is 9.67. The molecule has 1 spiro atoms. The van der Waals surface area contributed by atoms with E-state index in [1.54, 1.807) is 10.5 Å². The van der Waals surface area contributed by atoms with Crippen molar-refractivity contribution in [2.45, 2.75) is 39.0 Å². The van der Waals surface area contributed by atoms with Gasteiger partial charge in [0.25, 0.3) is 0 Å². The summed E-state index contributed by atoms with van der Waals surface area (Å²) in [5, 5.41) is 0. The molecule has 0 radical (unpaired) electrons. The van der Waals surface area contributed by atoms with Gasteiger partial charge in [-0.3, -0.25) is 14.5 Å². The van der Waals surface area contributed by atoms with Gasteiger partial charge in [0, 0.05) is 6.54 Å². The van der Waals surface area contributed by atoms with Crippen LogP contribution < -0.4 is 0 Å². The molecule has 2 amide bonds. The lowest BCUT2D eigenvalue weighted by Gasteiger charge is -2.39. The Morgan fingerprint density at radius 3 is 2.95 bits per heavy atom. The molecule has 20 heavy (non-hydrogen) atoms. The van der Waals surface area contributed by atoms with Gasteiger partial charge in [-0.05, 0) is 55.3 Å². The molecule has 106 valence electrons. The Morgan fingerprint density at radius 1 is 1.30 bits per heavy atom. The topological polar surface area (TPSA) is 37.4 Å². The second-order valence-electron chi connectivity index (χ2n) is 7.68. The Labute approximate surface area is 119 Å². The molecular formula is C17H21NO2. The van der Waals surface area contributed by atoms with Crippen molar-refractivity contribution in [1.29, 1.82) is 0 Å². The van der Waals surface area contributed by atoms with Gasteiger partial charge in [0.2, 0.25) is 11.8 Å². The van der Waals surface area contributed by atoms with Crippen LogP contribution in [-0.2, 0) is 9.59 Å². The first-order valence-corrected chi connectivity index (χ1v) is 8.20. The number of carbonyl (C=O) groups excluding carboxylic acids is 2. The van der Waals surface area contributed by atoms with Gasteiger partial charge in [-0.2, -0.15) is 0 Å². The standard InChI is InChI=1S/C17H21NO2/c1-2-5-18-15(19)13-11-8-17(14(13)16(18)20)7-9-3-4-10(11)12(17)6-9/h3,10-14H,2,4-8H2,1H3. The Morgan fingerprint density at radius 2 is 2.15 bits per heavy atom. The molecule has 1 heterocycles. The fourth-order valence-corrected chi connectivity index (χ4v) is 6.69. The molecule has 1 saturated heterocycles. The molecule has 4 aliphatic carbocycles. The van der Waals surface area contributed by atoms with Crippen LogP contribution in [0.3, 0.4) is 0 Å². The maximum atomic E-state index is 12.8. The molecule has 3 heteroatoms. The summed E-state index contributed by atoms with van der Waals surface area (Å²) in [6.07, 6.45) is 7.98. The van der Waals surface area contributed by atoms with Gasteiger partial charge in [-0.25, -0.2) is 0 Å². The van der Waals surface area contributed by atoms with Crippen LogP contribution >= 0.6 is 0 Å².